The maximum Gasteiger partial charge on any atom is 0.280 e. The molecule has 0 saturated carbocycles. The van der Waals surface area contributed by atoms with Crippen LogP contribution < -0.4 is 17.0 Å². The third kappa shape index (κ3) is 6.30. The number of rotatable bonds is 12. The maximum atomic E-state index is 15.8. The van der Waals surface area contributed by atoms with Crippen molar-refractivity contribution < 1.29 is 42.3 Å². The van der Waals surface area contributed by atoms with Crippen molar-refractivity contribution in [1.82, 2.24) is 39.0 Å². The molecule has 0 amide bonds. The number of H-pyrrole nitrogens is 1. The Hall–Kier alpha value is -2.65. The van der Waals surface area contributed by atoms with Crippen molar-refractivity contribution in [2.75, 3.05) is 31.3 Å². The highest BCUT2D eigenvalue weighted by Crippen LogP contribution is 2.65. The largest absolute Gasteiger partial charge is 0.394 e. The van der Waals surface area contributed by atoms with Crippen LogP contribution in [0.3, 0.4) is 0 Å². The lowest BCUT2D eigenvalue weighted by Gasteiger charge is -2.31. The van der Waals surface area contributed by atoms with Crippen LogP contribution in [0.5, 0.6) is 0 Å². The lowest BCUT2D eigenvalue weighted by Crippen LogP contribution is -2.34. The number of imidazole rings is 2. The maximum absolute atomic E-state index is 15.8. The normalized spacial score (nSPS) is 24.3. The van der Waals surface area contributed by atoms with E-state index < -0.39 is 62.6 Å². The quantitative estimate of drug-likeness (QED) is 0.0449. The molecule has 7 N–H and O–H groups in total. The third-order valence-electron chi connectivity index (χ3n) is 6.33. The number of aromatic amines is 1. The van der Waals surface area contributed by atoms with Gasteiger partial charge in [-0.3, -0.25) is 32.6 Å². The molecule has 4 aromatic rings. The van der Waals surface area contributed by atoms with Gasteiger partial charge >= 0.3 is 0 Å². The van der Waals surface area contributed by atoms with E-state index in [0.717, 1.165) is 28.1 Å². The van der Waals surface area contributed by atoms with Gasteiger partial charge in [0.05, 0.1) is 32.5 Å². The number of anilines is 2. The van der Waals surface area contributed by atoms with Gasteiger partial charge in [-0.1, -0.05) is 24.5 Å². The predicted molar refractivity (Wildman–Crippen MR) is 155 cm³/mol. The Balaban J connectivity index is 1.50. The fourth-order valence-corrected chi connectivity index (χ4v) is 7.67. The summed E-state index contributed by atoms with van der Waals surface area (Å²) in [5.74, 6) is -0.280. The van der Waals surface area contributed by atoms with Crippen LogP contribution in [0.2, 0.25) is 0 Å². The lowest BCUT2D eigenvalue weighted by atomic mass is 10.2. The molecule has 43 heavy (non-hydrogen) atoms. The Labute approximate surface area is 250 Å². The second-order valence-electron chi connectivity index (χ2n) is 8.98. The van der Waals surface area contributed by atoms with Gasteiger partial charge in [0.25, 0.3) is 12.1 Å². The van der Waals surface area contributed by atoms with E-state index in [1.807, 2.05) is 0 Å². The van der Waals surface area contributed by atoms with Crippen molar-refractivity contribution in [2.45, 2.75) is 36.7 Å². The van der Waals surface area contributed by atoms with E-state index in [2.05, 4.69) is 54.4 Å². The number of nitrogens with zero attached hydrogens (tertiary/aromatic N) is 7. The van der Waals surface area contributed by atoms with E-state index in [1.165, 1.54) is 0 Å². The third-order valence-corrected chi connectivity index (χ3v) is 10.1. The number of nitrogen functional groups attached to an aromatic ring is 2. The smallest absolute Gasteiger partial charge is 0.280 e. The van der Waals surface area contributed by atoms with Gasteiger partial charge in [-0.2, -0.15) is 4.98 Å². The Morgan fingerprint density at radius 1 is 1.21 bits per heavy atom. The van der Waals surface area contributed by atoms with Crippen LogP contribution in [-0.4, -0.2) is 93.3 Å². The number of hydrogen-bond donors (Lipinski definition) is 7. The molecule has 234 valence electrons. The summed E-state index contributed by atoms with van der Waals surface area (Å²) < 4.78 is 65.1. The van der Waals surface area contributed by atoms with Gasteiger partial charge in [-0.05, 0) is 0 Å². The summed E-state index contributed by atoms with van der Waals surface area (Å²) in [4.78, 5) is 34.5. The fourth-order valence-electron chi connectivity index (χ4n) is 4.43. The minimum atomic E-state index is -4.59. The molecule has 0 spiro atoms. The zero-order valence-corrected chi connectivity index (χ0v) is 25.3. The molecule has 0 aliphatic carbocycles. The van der Waals surface area contributed by atoms with Crippen LogP contribution in [0.25, 0.3) is 22.3 Å². The van der Waals surface area contributed by atoms with Gasteiger partial charge in [0, 0.05) is 0 Å². The van der Waals surface area contributed by atoms with Crippen LogP contribution in [0.4, 0.5) is 16.2 Å². The molecule has 8 atom stereocenters. The average molecular weight is 683 g/mol. The van der Waals surface area contributed by atoms with Gasteiger partial charge in [-0.15, -0.1) is 0 Å². The lowest BCUT2D eigenvalue weighted by molar-refractivity contribution is -0.171. The minimum absolute atomic E-state index is 0.00316. The van der Waals surface area contributed by atoms with Crippen LogP contribution in [0.15, 0.2) is 23.8 Å². The SMILES string of the molecule is Nc1nc2c(ncn2[C@@H]2O[C@H](CO)[C@@H](F)[C@H]2P(=O)(S)OC(OCCO[PH](=O)S)[C@@H](O)n2cnc3c(N)ncnc32)c(=O)[nH]1. The molecule has 0 radical (unpaired) electrons. The van der Waals surface area contributed by atoms with E-state index in [9.17, 15) is 24.1 Å². The molecule has 1 saturated heterocycles. The zero-order chi connectivity index (χ0) is 31.1. The average Bonchev–Trinajstić information content (AvgIpc) is 3.65. The molecule has 0 aromatic carbocycles. The second-order valence-corrected chi connectivity index (χ2v) is 14.5. The Bertz CT molecular complexity index is 1760. The predicted octanol–water partition coefficient (Wildman–Crippen LogP) is 0.0295. The molecular weight excluding hydrogens is 657 g/mol. The van der Waals surface area contributed by atoms with Crippen molar-refractivity contribution in [3.05, 3.63) is 29.3 Å². The molecule has 0 bridgehead atoms. The first-order valence-corrected chi connectivity index (χ1v) is 17.6. The van der Waals surface area contributed by atoms with Gasteiger partial charge in [-0.25, -0.2) is 24.3 Å². The molecule has 4 aromatic heterocycles. The Morgan fingerprint density at radius 2 is 1.95 bits per heavy atom. The van der Waals surface area contributed by atoms with Crippen molar-refractivity contribution in [1.29, 1.82) is 0 Å². The second kappa shape index (κ2) is 12.8. The first-order chi connectivity index (χ1) is 20.4. The van der Waals surface area contributed by atoms with Crippen molar-refractivity contribution in [2.24, 2.45) is 0 Å². The first-order valence-electron chi connectivity index (χ1n) is 12.1. The van der Waals surface area contributed by atoms with Crippen molar-refractivity contribution in [3.8, 4) is 0 Å². The standard InChI is InChI=1S/C19H25FN10O9P2S2/c20-8-7(3-31)38-17(30-6-26-10-14(30)27-19(22)28-15(10)32)11(8)41(35,43)39-18(36-1-2-37-40(34)42)16(33)29-5-25-9-12(21)23-4-24-13(9)29/h4-8,11,16-18,31,33,40H,1-3H2,(H,34,42)(H,35,43)(H2,21,23,24)(H3,22,27,28,32)/t7-,8-,11-,16-,17-,18?,41?/m1/s1. The van der Waals surface area contributed by atoms with Crippen LogP contribution in [-0.2, 0) is 27.7 Å². The molecular formula is C19H25FN10O9P2S2. The van der Waals surface area contributed by atoms with Gasteiger partial charge in [0.15, 0.2) is 35.1 Å². The van der Waals surface area contributed by atoms with Crippen molar-refractivity contribution >= 4 is 72.4 Å². The number of nitrogens with two attached hydrogens (primary N) is 2. The van der Waals surface area contributed by atoms with E-state index >= 15 is 4.39 Å². The summed E-state index contributed by atoms with van der Waals surface area (Å²) in [6.07, 6.45) is -5.54. The van der Waals surface area contributed by atoms with E-state index in [0.29, 0.717) is 0 Å². The van der Waals surface area contributed by atoms with Crippen molar-refractivity contribution in [3.63, 3.8) is 0 Å². The van der Waals surface area contributed by atoms with E-state index in [-0.39, 0.29) is 47.3 Å². The fraction of sp³-hybridized carbons (Fsp3) is 0.474. The van der Waals surface area contributed by atoms with Crippen LogP contribution in [0.1, 0.15) is 12.5 Å². The highest BCUT2D eigenvalue weighted by atomic mass is 32.7. The number of alkyl halides is 1. The number of aromatic nitrogens is 8. The molecule has 1 aliphatic heterocycles. The number of nitrogens with one attached hydrogen (secondary N) is 1. The van der Waals surface area contributed by atoms with Gasteiger partial charge in [0.1, 0.15) is 29.8 Å². The number of thiol groups is 2. The van der Waals surface area contributed by atoms with Crippen LogP contribution >= 0.6 is 38.3 Å². The Morgan fingerprint density at radius 3 is 2.67 bits per heavy atom. The monoisotopic (exact) mass is 682 g/mol. The zero-order valence-electron chi connectivity index (χ0n) is 21.6. The molecule has 3 unspecified atom stereocenters. The molecule has 24 heteroatoms. The number of fused-ring (bicyclic) bond motifs is 2. The summed E-state index contributed by atoms with van der Waals surface area (Å²) in [6.45, 7) is -6.06. The number of hydrogen-bond acceptors (Lipinski definition) is 16. The van der Waals surface area contributed by atoms with E-state index in [4.69, 9.17) is 30.0 Å². The van der Waals surface area contributed by atoms with E-state index in [1.54, 1.807) is 0 Å². The first kappa shape index (κ1) is 31.8. The minimum Gasteiger partial charge on any atom is -0.394 e. The summed E-state index contributed by atoms with van der Waals surface area (Å²) in [7, 11) is -2.64. The van der Waals surface area contributed by atoms with Crippen LogP contribution in [0, 0.1) is 0 Å². The molecule has 1 fully saturated rings. The van der Waals surface area contributed by atoms with Gasteiger partial charge < -0.3 is 35.7 Å². The number of ether oxygens (including phenoxy) is 2. The summed E-state index contributed by atoms with van der Waals surface area (Å²) >= 11 is 7.85. The summed E-state index contributed by atoms with van der Waals surface area (Å²) in [5, 5.41) is 21.0. The molecule has 5 heterocycles. The number of aliphatic hydroxyl groups is 2. The summed E-state index contributed by atoms with van der Waals surface area (Å²) in [6, 6.07) is 0. The topological polar surface area (TPSA) is 271 Å². The highest BCUT2D eigenvalue weighted by molar-refractivity contribution is 8.46. The molecule has 1 aliphatic rings. The molecule has 19 nitrogen and oxygen atoms in total. The summed E-state index contributed by atoms with van der Waals surface area (Å²) in [5.41, 5.74) is 8.88. The number of aliphatic hydroxyl groups excluding tert-OH is 2. The molecule has 5 rings (SSSR count). The number of halogens is 1. The van der Waals surface area contributed by atoms with Gasteiger partial charge in [0.2, 0.25) is 19.5 Å². The highest BCUT2D eigenvalue weighted by Gasteiger charge is 2.56. The Kier molecular flexibility index (Phi) is 9.42.